The summed E-state index contributed by atoms with van der Waals surface area (Å²) in [5.74, 6) is -1.41. The van der Waals surface area contributed by atoms with E-state index in [4.69, 9.17) is 0 Å². The van der Waals surface area contributed by atoms with Crippen molar-refractivity contribution in [3.63, 3.8) is 0 Å². The van der Waals surface area contributed by atoms with E-state index in [9.17, 15) is 22.3 Å². The van der Waals surface area contributed by atoms with E-state index in [0.29, 0.717) is 24.5 Å². The number of phenols is 1. The number of halogens is 3. The van der Waals surface area contributed by atoms with E-state index in [1.54, 1.807) is 0 Å². The summed E-state index contributed by atoms with van der Waals surface area (Å²) in [6.07, 6.45) is 1.02. The highest BCUT2D eigenvalue weighted by atomic mass is 127. The van der Waals surface area contributed by atoms with Crippen molar-refractivity contribution in [2.24, 2.45) is 4.99 Å². The summed E-state index contributed by atoms with van der Waals surface area (Å²) in [6.45, 7) is 0.846. The van der Waals surface area contributed by atoms with Crippen molar-refractivity contribution >= 4 is 56.3 Å². The zero-order valence-electron chi connectivity index (χ0n) is 16.6. The lowest BCUT2D eigenvalue weighted by atomic mass is 10.2. The second kappa shape index (κ2) is 9.77. The lowest BCUT2D eigenvalue weighted by Crippen LogP contribution is -2.43. The van der Waals surface area contributed by atoms with E-state index in [1.165, 1.54) is 34.6 Å². The molecule has 2 aliphatic rings. The minimum Gasteiger partial charge on any atom is -0.504 e. The Morgan fingerprint density at radius 1 is 1.22 bits per heavy atom. The third-order valence-corrected chi connectivity index (χ3v) is 8.67. The number of aliphatic imine (C=N–C) groups is 1. The molecule has 2 fully saturated rings. The van der Waals surface area contributed by atoms with Crippen molar-refractivity contribution in [2.75, 3.05) is 13.1 Å². The lowest BCUT2D eigenvalue weighted by Gasteiger charge is -2.19. The van der Waals surface area contributed by atoms with Crippen LogP contribution in [-0.4, -0.2) is 42.9 Å². The number of alkyl halides is 1. The van der Waals surface area contributed by atoms with Gasteiger partial charge in [-0.15, -0.1) is 0 Å². The molecule has 0 aromatic heterocycles. The van der Waals surface area contributed by atoms with Crippen LogP contribution in [0.3, 0.4) is 0 Å². The molecule has 2 aliphatic heterocycles. The molecule has 0 bridgehead atoms. The summed E-state index contributed by atoms with van der Waals surface area (Å²) in [5.41, 5.74) is 0.494. The number of hydrogen-bond acceptors (Lipinski definition) is 7. The van der Waals surface area contributed by atoms with E-state index < -0.39 is 37.6 Å². The van der Waals surface area contributed by atoms with E-state index in [1.807, 2.05) is 22.6 Å². The van der Waals surface area contributed by atoms with Crippen LogP contribution in [0.4, 0.5) is 14.5 Å². The highest BCUT2D eigenvalue weighted by Crippen LogP contribution is 2.36. The topological polar surface area (TPSA) is 106 Å². The highest BCUT2D eigenvalue weighted by molar-refractivity contribution is 14.1. The Kier molecular flexibility index (Phi) is 7.21. The number of aromatic hydroxyl groups is 1. The molecule has 2 saturated heterocycles. The molecule has 13 heteroatoms. The maximum atomic E-state index is 13.5. The van der Waals surface area contributed by atoms with Crippen LogP contribution in [0.2, 0.25) is 0 Å². The highest BCUT2D eigenvalue weighted by Gasteiger charge is 2.31. The molecule has 0 saturated carbocycles. The van der Waals surface area contributed by atoms with Gasteiger partial charge >= 0.3 is 0 Å². The van der Waals surface area contributed by atoms with Crippen LogP contribution >= 0.6 is 34.7 Å². The molecule has 2 atom stereocenters. The van der Waals surface area contributed by atoms with Gasteiger partial charge in [-0.2, -0.15) is 4.31 Å². The number of amidine groups is 1. The van der Waals surface area contributed by atoms with E-state index in [0.717, 1.165) is 31.0 Å². The van der Waals surface area contributed by atoms with Gasteiger partial charge < -0.3 is 9.83 Å². The molecule has 0 aliphatic carbocycles. The smallest absolute Gasteiger partial charge is 0.246 e. The van der Waals surface area contributed by atoms with Gasteiger partial charge in [-0.05, 0) is 42.7 Å². The number of nitrogens with zero attached hydrogens (tertiary/aromatic N) is 2. The monoisotopic (exact) mass is 595 g/mol. The normalized spacial score (nSPS) is 21.7. The molecule has 0 amide bonds. The van der Waals surface area contributed by atoms with Gasteiger partial charge in [-0.25, -0.2) is 26.9 Å². The first-order chi connectivity index (χ1) is 15.3. The van der Waals surface area contributed by atoms with Crippen molar-refractivity contribution in [1.29, 1.82) is 0 Å². The molecule has 2 heterocycles. The maximum absolute atomic E-state index is 13.5. The standard InChI is InChI=1S/C19H20F2IN5O3S2/c20-12-8-11(9-13(21)10-12)17(22)24-19-18(25-31-26-19)23-14-4-3-5-15(16(14)28)32(29,30)27-6-1-2-7-27/h3-5,8-10,17,19,24,26,28H,1-2,6-7H2,(H,23,25)/t17-,19?/m1/s1. The molecular weight excluding hydrogens is 575 g/mol. The van der Waals surface area contributed by atoms with Crippen LogP contribution in [0.5, 0.6) is 5.75 Å². The zero-order chi connectivity index (χ0) is 22.9. The van der Waals surface area contributed by atoms with Crippen LogP contribution in [0.15, 0.2) is 46.3 Å². The number of hydrogen-bond donors (Lipinski definition) is 4. The second-order valence-electron chi connectivity index (χ2n) is 7.22. The van der Waals surface area contributed by atoms with Gasteiger partial charge in [0.15, 0.2) is 5.75 Å². The molecule has 1 unspecified atom stereocenters. The predicted molar refractivity (Wildman–Crippen MR) is 127 cm³/mol. The first kappa shape index (κ1) is 23.6. The third kappa shape index (κ3) is 5.02. The Balaban J connectivity index is 1.58. The second-order valence-corrected chi connectivity index (χ2v) is 11.0. The summed E-state index contributed by atoms with van der Waals surface area (Å²) in [7, 11) is -3.82. The molecule has 2 aromatic rings. The minimum atomic E-state index is -3.82. The predicted octanol–water partition coefficient (Wildman–Crippen LogP) is 3.29. The fourth-order valence-corrected chi connectivity index (χ4v) is 6.39. The van der Waals surface area contributed by atoms with Crippen molar-refractivity contribution < 1.29 is 22.3 Å². The van der Waals surface area contributed by atoms with Gasteiger partial charge in [-0.1, -0.05) is 28.7 Å². The summed E-state index contributed by atoms with van der Waals surface area (Å²) in [4.78, 5) is 4.21. The fraction of sp³-hybridized carbons (Fsp3) is 0.316. The van der Waals surface area contributed by atoms with Crippen molar-refractivity contribution in [2.45, 2.75) is 28.0 Å². The van der Waals surface area contributed by atoms with Gasteiger partial charge in [0, 0.05) is 31.3 Å². The van der Waals surface area contributed by atoms with Crippen LogP contribution in [0.25, 0.3) is 0 Å². The van der Waals surface area contributed by atoms with Gasteiger partial charge in [0.2, 0.25) is 10.0 Å². The molecule has 8 nitrogen and oxygen atoms in total. The Hall–Kier alpha value is -1.52. The molecule has 0 spiro atoms. The molecule has 0 radical (unpaired) electrons. The van der Waals surface area contributed by atoms with Gasteiger partial charge in [0.25, 0.3) is 0 Å². The zero-order valence-corrected chi connectivity index (χ0v) is 20.3. The number of rotatable bonds is 6. The van der Waals surface area contributed by atoms with E-state index >= 15 is 0 Å². The Labute approximate surface area is 202 Å². The third-order valence-electron chi connectivity index (χ3n) is 5.00. The van der Waals surface area contributed by atoms with Crippen LogP contribution in [0.1, 0.15) is 22.5 Å². The average molecular weight is 595 g/mol. The minimum absolute atomic E-state index is 0.0886. The number of para-hydroxylation sites is 1. The Morgan fingerprint density at radius 2 is 1.91 bits per heavy atom. The van der Waals surface area contributed by atoms with Crippen LogP contribution in [0, 0.1) is 11.6 Å². The summed E-state index contributed by atoms with van der Waals surface area (Å²) < 4.78 is 59.7. The lowest BCUT2D eigenvalue weighted by molar-refractivity contribution is 0.445. The number of sulfonamides is 1. The maximum Gasteiger partial charge on any atom is 0.246 e. The quantitative estimate of drug-likeness (QED) is 0.176. The summed E-state index contributed by atoms with van der Waals surface area (Å²) in [5, 5.41) is 13.8. The van der Waals surface area contributed by atoms with Crippen molar-refractivity contribution in [3.05, 3.63) is 53.6 Å². The fourth-order valence-electron chi connectivity index (χ4n) is 3.43. The Bertz CT molecular complexity index is 1130. The SMILES string of the molecule is O=S(=O)(c1cccc(N=C2NSNC2N[C@@H](I)c2cc(F)cc(F)c2)c1O)N1CCCC1. The van der Waals surface area contributed by atoms with Gasteiger partial charge in [0.1, 0.15) is 34.2 Å². The Morgan fingerprint density at radius 3 is 2.59 bits per heavy atom. The molecular formula is C19H20F2IN5O3S2. The van der Waals surface area contributed by atoms with Gasteiger partial charge in [-0.3, -0.25) is 5.32 Å². The van der Waals surface area contributed by atoms with Gasteiger partial charge in [0.05, 0.1) is 4.05 Å². The first-order valence-corrected chi connectivity index (χ1v) is 13.2. The molecule has 2 aromatic carbocycles. The van der Waals surface area contributed by atoms with E-state index in [-0.39, 0.29) is 10.6 Å². The van der Waals surface area contributed by atoms with Crippen molar-refractivity contribution in [1.82, 2.24) is 19.1 Å². The number of nitrogens with one attached hydrogen (secondary N) is 3. The number of phenolic OH excluding ortho intramolecular Hbond substituents is 1. The molecule has 172 valence electrons. The molecule has 4 N–H and O–H groups in total. The van der Waals surface area contributed by atoms with Crippen molar-refractivity contribution in [3.8, 4) is 5.75 Å². The summed E-state index contributed by atoms with van der Waals surface area (Å²) in [6, 6.07) is 7.66. The summed E-state index contributed by atoms with van der Waals surface area (Å²) >= 11 is 3.14. The first-order valence-electron chi connectivity index (χ1n) is 9.70. The number of benzene rings is 2. The largest absolute Gasteiger partial charge is 0.504 e. The van der Waals surface area contributed by atoms with E-state index in [2.05, 4.69) is 19.8 Å². The van der Waals surface area contributed by atoms with Crippen LogP contribution in [-0.2, 0) is 10.0 Å². The van der Waals surface area contributed by atoms with Crippen LogP contribution < -0.4 is 14.8 Å². The molecule has 4 rings (SSSR count). The average Bonchev–Trinajstić information content (AvgIpc) is 3.42. The molecule has 32 heavy (non-hydrogen) atoms.